The molecule has 0 aliphatic heterocycles. The second-order valence-corrected chi connectivity index (χ2v) is 6.65. The number of carboxylic acids is 1. The van der Waals surface area contributed by atoms with Crippen LogP contribution in [0.15, 0.2) is 47.4 Å². The second-order valence-electron chi connectivity index (χ2n) is 4.69. The monoisotopic (exact) mass is 308 g/mol. The van der Waals surface area contributed by atoms with Gasteiger partial charge in [0.1, 0.15) is 5.82 Å². The van der Waals surface area contributed by atoms with Crippen molar-refractivity contribution in [3.8, 4) is 0 Å². The average molecular weight is 308 g/mol. The Balaban J connectivity index is 2.47. The van der Waals surface area contributed by atoms with Crippen LogP contribution in [0.5, 0.6) is 0 Å². The van der Waals surface area contributed by atoms with Crippen LogP contribution in [0.2, 0.25) is 0 Å². The smallest absolute Gasteiger partial charge is 0.337 e. The van der Waals surface area contributed by atoms with Gasteiger partial charge in [0.25, 0.3) is 0 Å². The zero-order valence-corrected chi connectivity index (χ0v) is 12.0. The third kappa shape index (κ3) is 3.46. The minimum Gasteiger partial charge on any atom is -0.478 e. The standard InChI is InChI=1S/C15H13FO4S/c1-10-5-6-14(13(7-10)15(17)18)21(19,20)9-11-3-2-4-12(16)8-11/h2-8H,9H2,1H3,(H,17,18). The topological polar surface area (TPSA) is 71.4 Å². The number of halogens is 1. The summed E-state index contributed by atoms with van der Waals surface area (Å²) in [5.74, 6) is -2.30. The molecule has 0 spiro atoms. The van der Waals surface area contributed by atoms with Crippen LogP contribution in [-0.2, 0) is 15.6 Å². The van der Waals surface area contributed by atoms with Crippen molar-refractivity contribution < 1.29 is 22.7 Å². The molecule has 0 unspecified atom stereocenters. The summed E-state index contributed by atoms with van der Waals surface area (Å²) in [6, 6.07) is 9.33. The van der Waals surface area contributed by atoms with Gasteiger partial charge in [-0.1, -0.05) is 23.8 Å². The average Bonchev–Trinajstić information content (AvgIpc) is 2.37. The number of carboxylic acid groups (broad SMARTS) is 1. The van der Waals surface area contributed by atoms with Gasteiger partial charge in [0.05, 0.1) is 16.2 Å². The van der Waals surface area contributed by atoms with Crippen molar-refractivity contribution in [1.29, 1.82) is 0 Å². The first-order valence-electron chi connectivity index (χ1n) is 6.11. The normalized spacial score (nSPS) is 11.3. The molecule has 0 saturated heterocycles. The van der Waals surface area contributed by atoms with Crippen molar-refractivity contribution in [3.05, 3.63) is 65.0 Å². The highest BCUT2D eigenvalue weighted by Crippen LogP contribution is 2.22. The molecular formula is C15H13FO4S. The Bertz CT molecular complexity index is 797. The van der Waals surface area contributed by atoms with E-state index in [2.05, 4.69) is 0 Å². The predicted molar refractivity (Wildman–Crippen MR) is 75.4 cm³/mol. The van der Waals surface area contributed by atoms with E-state index in [4.69, 9.17) is 5.11 Å². The molecule has 0 radical (unpaired) electrons. The van der Waals surface area contributed by atoms with Crippen LogP contribution in [0, 0.1) is 12.7 Å². The van der Waals surface area contributed by atoms with Crippen LogP contribution in [0.4, 0.5) is 4.39 Å². The van der Waals surface area contributed by atoms with E-state index >= 15 is 0 Å². The van der Waals surface area contributed by atoms with E-state index in [0.717, 1.165) is 6.07 Å². The SMILES string of the molecule is Cc1ccc(S(=O)(=O)Cc2cccc(F)c2)c(C(=O)O)c1. The maximum Gasteiger partial charge on any atom is 0.337 e. The van der Waals surface area contributed by atoms with Gasteiger partial charge in [-0.3, -0.25) is 0 Å². The van der Waals surface area contributed by atoms with Gasteiger partial charge in [-0.25, -0.2) is 17.6 Å². The highest BCUT2D eigenvalue weighted by molar-refractivity contribution is 7.90. The lowest BCUT2D eigenvalue weighted by atomic mass is 10.1. The summed E-state index contributed by atoms with van der Waals surface area (Å²) in [5, 5.41) is 9.14. The van der Waals surface area contributed by atoms with Gasteiger partial charge in [-0.05, 0) is 36.8 Å². The number of hydrogen-bond donors (Lipinski definition) is 1. The zero-order valence-electron chi connectivity index (χ0n) is 11.2. The molecule has 21 heavy (non-hydrogen) atoms. The largest absolute Gasteiger partial charge is 0.478 e. The first kappa shape index (κ1) is 15.2. The Kier molecular flexibility index (Phi) is 4.09. The number of benzene rings is 2. The molecule has 0 atom stereocenters. The molecule has 0 amide bonds. The highest BCUT2D eigenvalue weighted by Gasteiger charge is 2.23. The molecule has 2 aromatic carbocycles. The van der Waals surface area contributed by atoms with Gasteiger partial charge in [0, 0.05) is 0 Å². The Morgan fingerprint density at radius 1 is 1.19 bits per heavy atom. The minimum atomic E-state index is -3.87. The molecule has 0 saturated carbocycles. The molecule has 2 aromatic rings. The number of aromatic carboxylic acids is 1. The summed E-state index contributed by atoms with van der Waals surface area (Å²) >= 11 is 0. The number of aryl methyl sites for hydroxylation is 1. The van der Waals surface area contributed by atoms with Crippen molar-refractivity contribution in [1.82, 2.24) is 0 Å². The Labute approximate surface area is 121 Å². The minimum absolute atomic E-state index is 0.259. The van der Waals surface area contributed by atoms with Crippen LogP contribution >= 0.6 is 0 Å². The molecule has 1 N–H and O–H groups in total. The zero-order chi connectivity index (χ0) is 15.6. The van der Waals surface area contributed by atoms with Crippen LogP contribution < -0.4 is 0 Å². The van der Waals surface area contributed by atoms with E-state index in [1.165, 1.54) is 36.4 Å². The van der Waals surface area contributed by atoms with Crippen molar-refractivity contribution in [3.63, 3.8) is 0 Å². The van der Waals surface area contributed by atoms with Crippen molar-refractivity contribution >= 4 is 15.8 Å². The van der Waals surface area contributed by atoms with Crippen LogP contribution in [0.25, 0.3) is 0 Å². The van der Waals surface area contributed by atoms with Gasteiger partial charge in [-0.2, -0.15) is 0 Å². The molecule has 0 fully saturated rings. The Morgan fingerprint density at radius 3 is 2.52 bits per heavy atom. The summed E-state index contributed by atoms with van der Waals surface area (Å²) in [5.41, 5.74) is 0.649. The quantitative estimate of drug-likeness (QED) is 0.942. The van der Waals surface area contributed by atoms with E-state index in [0.29, 0.717) is 5.56 Å². The summed E-state index contributed by atoms with van der Waals surface area (Å²) in [4.78, 5) is 10.9. The van der Waals surface area contributed by atoms with Gasteiger partial charge in [0.2, 0.25) is 0 Å². The number of rotatable bonds is 4. The van der Waals surface area contributed by atoms with E-state index in [-0.39, 0.29) is 16.0 Å². The lowest BCUT2D eigenvalue weighted by Gasteiger charge is -2.09. The van der Waals surface area contributed by atoms with Crippen LogP contribution in [0.3, 0.4) is 0 Å². The molecule has 110 valence electrons. The Morgan fingerprint density at radius 2 is 1.90 bits per heavy atom. The van der Waals surface area contributed by atoms with Crippen LogP contribution in [-0.4, -0.2) is 19.5 Å². The fourth-order valence-electron chi connectivity index (χ4n) is 2.01. The van der Waals surface area contributed by atoms with E-state index in [1.807, 2.05) is 0 Å². The van der Waals surface area contributed by atoms with Gasteiger partial charge >= 0.3 is 5.97 Å². The van der Waals surface area contributed by atoms with Crippen molar-refractivity contribution in [2.24, 2.45) is 0 Å². The summed E-state index contributed by atoms with van der Waals surface area (Å²) in [6.07, 6.45) is 0. The van der Waals surface area contributed by atoms with Crippen molar-refractivity contribution in [2.45, 2.75) is 17.6 Å². The summed E-state index contributed by atoms with van der Waals surface area (Å²) in [6.45, 7) is 1.68. The molecule has 6 heteroatoms. The molecule has 0 heterocycles. The number of sulfone groups is 1. The number of hydrogen-bond acceptors (Lipinski definition) is 3. The fraction of sp³-hybridized carbons (Fsp3) is 0.133. The highest BCUT2D eigenvalue weighted by atomic mass is 32.2. The van der Waals surface area contributed by atoms with Gasteiger partial charge in [0.15, 0.2) is 9.84 Å². The first-order chi connectivity index (χ1) is 9.79. The van der Waals surface area contributed by atoms with Gasteiger partial charge in [-0.15, -0.1) is 0 Å². The fourth-order valence-corrected chi connectivity index (χ4v) is 3.54. The molecule has 2 rings (SSSR count). The molecule has 0 bridgehead atoms. The maximum absolute atomic E-state index is 13.1. The van der Waals surface area contributed by atoms with E-state index < -0.39 is 27.4 Å². The number of carbonyl (C=O) groups is 1. The summed E-state index contributed by atoms with van der Waals surface area (Å²) < 4.78 is 37.8. The second kappa shape index (κ2) is 5.65. The van der Waals surface area contributed by atoms with Gasteiger partial charge < -0.3 is 5.11 Å². The maximum atomic E-state index is 13.1. The first-order valence-corrected chi connectivity index (χ1v) is 7.76. The molecule has 0 aliphatic rings. The van der Waals surface area contributed by atoms with Crippen LogP contribution in [0.1, 0.15) is 21.5 Å². The molecule has 4 nitrogen and oxygen atoms in total. The summed E-state index contributed by atoms with van der Waals surface area (Å²) in [7, 11) is -3.87. The lowest BCUT2D eigenvalue weighted by Crippen LogP contribution is -2.11. The van der Waals surface area contributed by atoms with E-state index in [1.54, 1.807) is 6.92 Å². The molecule has 0 aromatic heterocycles. The molecule has 0 aliphatic carbocycles. The Hall–Kier alpha value is -2.21. The lowest BCUT2D eigenvalue weighted by molar-refractivity contribution is 0.0692. The predicted octanol–water partition coefficient (Wildman–Crippen LogP) is 2.81. The third-order valence-electron chi connectivity index (χ3n) is 2.95. The van der Waals surface area contributed by atoms with Crippen molar-refractivity contribution in [2.75, 3.05) is 0 Å². The molecular weight excluding hydrogens is 295 g/mol. The third-order valence-corrected chi connectivity index (χ3v) is 4.69. The van der Waals surface area contributed by atoms with E-state index in [9.17, 15) is 17.6 Å².